The summed E-state index contributed by atoms with van der Waals surface area (Å²) < 4.78 is 40.0. The zero-order chi connectivity index (χ0) is 17.6. The minimum atomic E-state index is -4.70. The molecule has 0 aliphatic heterocycles. The number of thiazole rings is 1. The lowest BCUT2D eigenvalue weighted by molar-refractivity contribution is -0.274. The van der Waals surface area contributed by atoms with Crippen molar-refractivity contribution in [1.82, 2.24) is 10.3 Å². The topological polar surface area (TPSA) is 77.2 Å². The van der Waals surface area contributed by atoms with Crippen molar-refractivity contribution in [2.45, 2.75) is 19.2 Å². The Hall–Kier alpha value is -1.84. The van der Waals surface area contributed by atoms with Gasteiger partial charge in [0, 0.05) is 18.3 Å². The third-order valence-electron chi connectivity index (χ3n) is 3.00. The van der Waals surface area contributed by atoms with E-state index in [9.17, 15) is 18.0 Å². The number of nitrogens with one attached hydrogen (secondary N) is 1. The number of hydrogen-bond acceptors (Lipinski definition) is 5. The van der Waals surface area contributed by atoms with Gasteiger partial charge in [0.1, 0.15) is 11.4 Å². The smallest absolute Gasteiger partial charge is 0.406 e. The molecule has 0 unspecified atom stereocenters. The summed E-state index contributed by atoms with van der Waals surface area (Å²) in [5.74, 6) is -0.559. The second kappa shape index (κ2) is 9.59. The molecule has 25 heavy (non-hydrogen) atoms. The summed E-state index contributed by atoms with van der Waals surface area (Å²) in [6.07, 6.45) is -3.59. The molecule has 1 heterocycles. The molecule has 1 amide bonds. The summed E-state index contributed by atoms with van der Waals surface area (Å²) in [6, 6.07) is 5.53. The first kappa shape index (κ1) is 21.2. The van der Waals surface area contributed by atoms with Crippen molar-refractivity contribution in [2.75, 3.05) is 13.1 Å². The number of rotatable bonds is 7. The number of amides is 1. The van der Waals surface area contributed by atoms with Crippen LogP contribution in [-0.4, -0.2) is 30.3 Å². The number of carbonyl (C=O) groups is 1. The molecule has 0 spiro atoms. The molecule has 0 aliphatic carbocycles. The van der Waals surface area contributed by atoms with Crippen molar-refractivity contribution in [2.24, 2.45) is 5.73 Å². The molecule has 5 nitrogen and oxygen atoms in total. The molecule has 0 radical (unpaired) electrons. The number of ether oxygens (including phenoxy) is 1. The van der Waals surface area contributed by atoms with Gasteiger partial charge in [-0.25, -0.2) is 4.98 Å². The Morgan fingerprint density at radius 1 is 1.24 bits per heavy atom. The first-order chi connectivity index (χ1) is 11.4. The molecule has 2 aromatic rings. The first-order valence-electron chi connectivity index (χ1n) is 7.15. The Kier molecular flexibility index (Phi) is 8.14. The number of benzene rings is 1. The SMILES string of the molecule is Cl.NCCc1nc(C(=O)NCCc2ccc(OC(F)(F)F)cc2)cs1. The summed E-state index contributed by atoms with van der Waals surface area (Å²) >= 11 is 1.38. The summed E-state index contributed by atoms with van der Waals surface area (Å²) in [5, 5.41) is 5.20. The molecule has 0 saturated heterocycles. The van der Waals surface area contributed by atoms with Gasteiger partial charge in [0.2, 0.25) is 0 Å². The van der Waals surface area contributed by atoms with Crippen LogP contribution >= 0.6 is 23.7 Å². The van der Waals surface area contributed by atoms with Crippen LogP contribution in [0, 0.1) is 0 Å². The zero-order valence-corrected chi connectivity index (χ0v) is 14.6. The van der Waals surface area contributed by atoms with Gasteiger partial charge >= 0.3 is 6.36 Å². The Bertz CT molecular complexity index is 677. The molecule has 1 aromatic carbocycles. The summed E-state index contributed by atoms with van der Waals surface area (Å²) in [6.45, 7) is 0.824. The fraction of sp³-hybridized carbons (Fsp3) is 0.333. The van der Waals surface area contributed by atoms with Crippen LogP contribution in [-0.2, 0) is 12.8 Å². The highest BCUT2D eigenvalue weighted by molar-refractivity contribution is 7.09. The maximum absolute atomic E-state index is 12.1. The molecular formula is C15H17ClF3N3O2S. The average molecular weight is 396 g/mol. The molecule has 0 saturated carbocycles. The Morgan fingerprint density at radius 3 is 2.52 bits per heavy atom. The van der Waals surface area contributed by atoms with Crippen LogP contribution in [0.15, 0.2) is 29.6 Å². The Balaban J connectivity index is 0.00000312. The van der Waals surface area contributed by atoms with Crippen LogP contribution in [0.1, 0.15) is 21.1 Å². The molecular weight excluding hydrogens is 379 g/mol. The summed E-state index contributed by atoms with van der Waals surface area (Å²) in [5.41, 5.74) is 6.56. The van der Waals surface area contributed by atoms with E-state index in [-0.39, 0.29) is 24.1 Å². The van der Waals surface area contributed by atoms with Crippen LogP contribution in [0.2, 0.25) is 0 Å². The number of nitrogens with two attached hydrogens (primary N) is 1. The molecule has 0 bridgehead atoms. The van der Waals surface area contributed by atoms with Crippen LogP contribution in [0.25, 0.3) is 0 Å². The number of carbonyl (C=O) groups excluding carboxylic acids is 1. The van der Waals surface area contributed by atoms with Gasteiger partial charge in [0.25, 0.3) is 5.91 Å². The van der Waals surface area contributed by atoms with Crippen LogP contribution in [0.5, 0.6) is 5.75 Å². The van der Waals surface area contributed by atoms with Crippen LogP contribution in [0.3, 0.4) is 0 Å². The maximum Gasteiger partial charge on any atom is 0.573 e. The van der Waals surface area contributed by atoms with E-state index in [1.807, 2.05) is 0 Å². The second-order valence-electron chi connectivity index (χ2n) is 4.86. The maximum atomic E-state index is 12.1. The standard InChI is InChI=1S/C15H16F3N3O2S.ClH/c16-15(17,18)23-11-3-1-10(2-4-11)6-8-20-14(22)12-9-24-13(21-12)5-7-19;/h1-4,9H,5-8,19H2,(H,20,22);1H. The van der Waals surface area contributed by atoms with Gasteiger partial charge in [-0.3, -0.25) is 4.79 Å². The normalized spacial score (nSPS) is 10.9. The molecule has 138 valence electrons. The second-order valence-corrected chi connectivity index (χ2v) is 5.81. The van der Waals surface area contributed by atoms with E-state index in [1.165, 1.54) is 35.6 Å². The lowest BCUT2D eigenvalue weighted by atomic mass is 10.1. The minimum Gasteiger partial charge on any atom is -0.406 e. The van der Waals surface area contributed by atoms with Crippen molar-refractivity contribution >= 4 is 29.7 Å². The lowest BCUT2D eigenvalue weighted by Gasteiger charge is -2.09. The van der Waals surface area contributed by atoms with Crippen LogP contribution in [0.4, 0.5) is 13.2 Å². The third kappa shape index (κ3) is 7.29. The monoisotopic (exact) mass is 395 g/mol. The largest absolute Gasteiger partial charge is 0.573 e. The number of aromatic nitrogens is 1. The van der Waals surface area contributed by atoms with Gasteiger partial charge in [0.05, 0.1) is 5.01 Å². The Labute approximate surface area is 152 Å². The van der Waals surface area contributed by atoms with E-state index >= 15 is 0 Å². The van der Waals surface area contributed by atoms with Crippen molar-refractivity contribution < 1.29 is 22.7 Å². The summed E-state index contributed by atoms with van der Waals surface area (Å²) in [7, 11) is 0. The molecule has 1 aromatic heterocycles. The zero-order valence-electron chi connectivity index (χ0n) is 13.0. The molecule has 0 aliphatic rings. The van der Waals surface area contributed by atoms with Crippen molar-refractivity contribution in [3.05, 3.63) is 45.9 Å². The molecule has 3 N–H and O–H groups in total. The fourth-order valence-electron chi connectivity index (χ4n) is 1.92. The molecule has 0 fully saturated rings. The number of hydrogen-bond donors (Lipinski definition) is 2. The van der Waals surface area contributed by atoms with Gasteiger partial charge in [-0.1, -0.05) is 12.1 Å². The van der Waals surface area contributed by atoms with Gasteiger partial charge in [-0.05, 0) is 30.7 Å². The van der Waals surface area contributed by atoms with E-state index in [1.54, 1.807) is 5.38 Å². The highest BCUT2D eigenvalue weighted by Crippen LogP contribution is 2.22. The van der Waals surface area contributed by atoms with Crippen molar-refractivity contribution in [3.63, 3.8) is 0 Å². The van der Waals surface area contributed by atoms with Crippen molar-refractivity contribution in [3.8, 4) is 5.75 Å². The van der Waals surface area contributed by atoms with Gasteiger partial charge in [-0.15, -0.1) is 36.9 Å². The number of nitrogens with zero attached hydrogens (tertiary/aromatic N) is 1. The van der Waals surface area contributed by atoms with E-state index in [0.29, 0.717) is 31.6 Å². The van der Waals surface area contributed by atoms with Gasteiger partial charge in [0.15, 0.2) is 0 Å². The average Bonchev–Trinajstić information content (AvgIpc) is 2.96. The molecule has 2 rings (SSSR count). The minimum absolute atomic E-state index is 0. The predicted molar refractivity (Wildman–Crippen MR) is 91.3 cm³/mol. The first-order valence-corrected chi connectivity index (χ1v) is 8.02. The summed E-state index contributed by atoms with van der Waals surface area (Å²) in [4.78, 5) is 16.1. The number of alkyl halides is 3. The molecule has 0 atom stereocenters. The number of halogens is 4. The van der Waals surface area contributed by atoms with Gasteiger partial charge < -0.3 is 15.8 Å². The van der Waals surface area contributed by atoms with E-state index in [0.717, 1.165) is 10.6 Å². The van der Waals surface area contributed by atoms with E-state index < -0.39 is 6.36 Å². The van der Waals surface area contributed by atoms with Crippen LogP contribution < -0.4 is 15.8 Å². The van der Waals surface area contributed by atoms with E-state index in [4.69, 9.17) is 5.73 Å². The van der Waals surface area contributed by atoms with E-state index in [2.05, 4.69) is 15.0 Å². The highest BCUT2D eigenvalue weighted by atomic mass is 35.5. The molecule has 10 heteroatoms. The predicted octanol–water partition coefficient (Wildman–Crippen LogP) is 2.94. The Morgan fingerprint density at radius 2 is 1.92 bits per heavy atom. The fourth-order valence-corrected chi connectivity index (χ4v) is 2.72. The van der Waals surface area contributed by atoms with Crippen molar-refractivity contribution in [1.29, 1.82) is 0 Å². The highest BCUT2D eigenvalue weighted by Gasteiger charge is 2.30. The van der Waals surface area contributed by atoms with Gasteiger partial charge in [-0.2, -0.15) is 0 Å². The third-order valence-corrected chi connectivity index (χ3v) is 3.91. The lowest BCUT2D eigenvalue weighted by Crippen LogP contribution is -2.26. The quantitative estimate of drug-likeness (QED) is 0.755.